The fourth-order valence-electron chi connectivity index (χ4n) is 1.14. The molecule has 7 heteroatoms. The number of hydrogen-bond donors (Lipinski definition) is 2. The predicted molar refractivity (Wildman–Crippen MR) is 63.7 cm³/mol. The van der Waals surface area contributed by atoms with E-state index >= 15 is 0 Å². The van der Waals surface area contributed by atoms with E-state index in [1.807, 2.05) is 10.8 Å². The van der Waals surface area contributed by atoms with Gasteiger partial charge in [0.1, 0.15) is 5.38 Å². The number of aryl methyl sites for hydroxylation is 1. The Kier molecular flexibility index (Phi) is 5.48. The van der Waals surface area contributed by atoms with Crippen molar-refractivity contribution in [3.8, 4) is 0 Å². The molecule has 0 aromatic carbocycles. The third-order valence-electron chi connectivity index (χ3n) is 2.04. The maximum absolute atomic E-state index is 11.2. The zero-order chi connectivity index (χ0) is 12.7. The molecule has 94 valence electrons. The Morgan fingerprint density at radius 3 is 2.88 bits per heavy atom. The van der Waals surface area contributed by atoms with Crippen LogP contribution in [0.5, 0.6) is 0 Å². The van der Waals surface area contributed by atoms with E-state index < -0.39 is 17.3 Å². The van der Waals surface area contributed by atoms with Crippen LogP contribution in [-0.2, 0) is 11.3 Å². The largest absolute Gasteiger partial charge is 0.338 e. The van der Waals surface area contributed by atoms with Gasteiger partial charge in [-0.2, -0.15) is 0 Å². The minimum Gasteiger partial charge on any atom is -0.338 e. The summed E-state index contributed by atoms with van der Waals surface area (Å²) in [7, 11) is 0. The summed E-state index contributed by atoms with van der Waals surface area (Å²) in [6.07, 6.45) is 6.01. The number of carbonyl (C=O) groups is 2. The fraction of sp³-hybridized carbons (Fsp3) is 0.500. The van der Waals surface area contributed by atoms with Gasteiger partial charge in [0.05, 0.1) is 6.33 Å². The molecule has 0 saturated carbocycles. The summed E-state index contributed by atoms with van der Waals surface area (Å²) >= 11 is 5.50. The SMILES string of the molecule is CC(Cl)C(=O)NC(=O)NCCCn1ccnc1. The lowest BCUT2D eigenvalue weighted by Crippen LogP contribution is -2.42. The minimum atomic E-state index is -0.716. The summed E-state index contributed by atoms with van der Waals surface area (Å²) in [6, 6.07) is -0.520. The second kappa shape index (κ2) is 6.90. The maximum atomic E-state index is 11.2. The van der Waals surface area contributed by atoms with Crippen LogP contribution in [0.1, 0.15) is 13.3 Å². The lowest BCUT2D eigenvalue weighted by molar-refractivity contribution is -0.119. The zero-order valence-corrected chi connectivity index (χ0v) is 10.3. The van der Waals surface area contributed by atoms with Crippen molar-refractivity contribution in [1.29, 1.82) is 0 Å². The Balaban J connectivity index is 2.10. The zero-order valence-electron chi connectivity index (χ0n) is 9.52. The number of carbonyl (C=O) groups excluding carboxylic acids is 2. The van der Waals surface area contributed by atoms with Crippen molar-refractivity contribution in [3.63, 3.8) is 0 Å². The van der Waals surface area contributed by atoms with E-state index in [-0.39, 0.29) is 0 Å². The average Bonchev–Trinajstić information content (AvgIpc) is 2.77. The topological polar surface area (TPSA) is 76.0 Å². The van der Waals surface area contributed by atoms with Gasteiger partial charge in [0.25, 0.3) is 0 Å². The Bertz CT molecular complexity index is 364. The van der Waals surface area contributed by atoms with Gasteiger partial charge in [-0.25, -0.2) is 9.78 Å². The number of imide groups is 1. The summed E-state index contributed by atoms with van der Waals surface area (Å²) in [6.45, 7) is 2.75. The van der Waals surface area contributed by atoms with Gasteiger partial charge in [-0.05, 0) is 13.3 Å². The first-order valence-electron chi connectivity index (χ1n) is 5.28. The summed E-state index contributed by atoms with van der Waals surface area (Å²) in [5.74, 6) is -0.501. The molecule has 17 heavy (non-hydrogen) atoms. The second-order valence-corrected chi connectivity index (χ2v) is 4.17. The molecule has 1 unspecified atom stereocenters. The average molecular weight is 259 g/mol. The van der Waals surface area contributed by atoms with E-state index in [9.17, 15) is 9.59 Å². The number of urea groups is 1. The van der Waals surface area contributed by atoms with E-state index in [1.165, 1.54) is 6.92 Å². The van der Waals surface area contributed by atoms with Crippen LogP contribution in [0.3, 0.4) is 0 Å². The standard InChI is InChI=1S/C10H15ClN4O2/c1-8(11)9(16)14-10(17)13-3-2-5-15-6-4-12-7-15/h4,6-8H,2-3,5H2,1H3,(H2,13,14,16,17). The Morgan fingerprint density at radius 2 is 2.29 bits per heavy atom. The first-order chi connectivity index (χ1) is 8.09. The van der Waals surface area contributed by atoms with Gasteiger partial charge in [-0.3, -0.25) is 10.1 Å². The van der Waals surface area contributed by atoms with Crippen LogP contribution in [0.2, 0.25) is 0 Å². The van der Waals surface area contributed by atoms with Crippen LogP contribution in [0.15, 0.2) is 18.7 Å². The summed E-state index contributed by atoms with van der Waals surface area (Å²) < 4.78 is 1.91. The third-order valence-corrected chi connectivity index (χ3v) is 2.23. The van der Waals surface area contributed by atoms with Crippen molar-refractivity contribution < 1.29 is 9.59 Å². The molecule has 0 bridgehead atoms. The number of nitrogens with one attached hydrogen (secondary N) is 2. The molecule has 1 aromatic heterocycles. The molecule has 0 aliphatic rings. The molecule has 6 nitrogen and oxygen atoms in total. The second-order valence-electron chi connectivity index (χ2n) is 3.52. The summed E-state index contributed by atoms with van der Waals surface area (Å²) in [4.78, 5) is 26.2. The highest BCUT2D eigenvalue weighted by Gasteiger charge is 2.11. The van der Waals surface area contributed by atoms with Crippen molar-refractivity contribution in [2.45, 2.75) is 25.3 Å². The lowest BCUT2D eigenvalue weighted by Gasteiger charge is -2.07. The summed E-state index contributed by atoms with van der Waals surface area (Å²) in [5.41, 5.74) is 0. The van der Waals surface area contributed by atoms with Gasteiger partial charge in [0, 0.05) is 25.5 Å². The number of rotatable bonds is 5. The van der Waals surface area contributed by atoms with Crippen LogP contribution in [-0.4, -0.2) is 33.4 Å². The fourth-order valence-corrected chi connectivity index (χ4v) is 1.19. The molecular formula is C10H15ClN4O2. The van der Waals surface area contributed by atoms with Crippen molar-refractivity contribution in [2.75, 3.05) is 6.54 Å². The van der Waals surface area contributed by atoms with Gasteiger partial charge >= 0.3 is 6.03 Å². The molecule has 1 atom stereocenters. The molecule has 0 saturated heterocycles. The molecule has 0 radical (unpaired) electrons. The molecular weight excluding hydrogens is 244 g/mol. The molecule has 0 aliphatic carbocycles. The van der Waals surface area contributed by atoms with E-state index in [2.05, 4.69) is 15.6 Å². The molecule has 3 amide bonds. The highest BCUT2D eigenvalue weighted by molar-refractivity contribution is 6.31. The molecule has 0 fully saturated rings. The first kappa shape index (κ1) is 13.5. The van der Waals surface area contributed by atoms with Crippen molar-refractivity contribution >= 4 is 23.5 Å². The number of aromatic nitrogens is 2. The van der Waals surface area contributed by atoms with Gasteiger partial charge < -0.3 is 9.88 Å². The molecule has 1 aromatic rings. The van der Waals surface area contributed by atoms with Gasteiger partial charge in [0.15, 0.2) is 0 Å². The van der Waals surface area contributed by atoms with Crippen LogP contribution >= 0.6 is 11.6 Å². The van der Waals surface area contributed by atoms with Gasteiger partial charge in [0.2, 0.25) is 5.91 Å². The molecule has 2 N–H and O–H groups in total. The molecule has 0 aliphatic heterocycles. The highest BCUT2D eigenvalue weighted by Crippen LogP contribution is 1.92. The Morgan fingerprint density at radius 1 is 1.53 bits per heavy atom. The van der Waals surface area contributed by atoms with E-state index in [1.54, 1.807) is 12.5 Å². The third kappa shape index (κ3) is 5.35. The van der Waals surface area contributed by atoms with E-state index in [0.717, 1.165) is 13.0 Å². The number of imidazole rings is 1. The smallest absolute Gasteiger partial charge is 0.321 e. The van der Waals surface area contributed by atoms with Gasteiger partial charge in [-0.15, -0.1) is 11.6 Å². The lowest BCUT2D eigenvalue weighted by atomic mass is 10.4. The quantitative estimate of drug-likeness (QED) is 0.604. The first-order valence-corrected chi connectivity index (χ1v) is 5.71. The van der Waals surface area contributed by atoms with Crippen LogP contribution in [0.25, 0.3) is 0 Å². The van der Waals surface area contributed by atoms with E-state index in [4.69, 9.17) is 11.6 Å². The Hall–Kier alpha value is -1.56. The van der Waals surface area contributed by atoms with Crippen LogP contribution < -0.4 is 10.6 Å². The number of amides is 3. The molecule has 0 spiro atoms. The van der Waals surface area contributed by atoms with Crippen LogP contribution in [0, 0.1) is 0 Å². The Labute approximate surface area is 104 Å². The van der Waals surface area contributed by atoms with Crippen molar-refractivity contribution in [3.05, 3.63) is 18.7 Å². The number of halogens is 1. The number of alkyl halides is 1. The minimum absolute atomic E-state index is 0.480. The highest BCUT2D eigenvalue weighted by atomic mass is 35.5. The van der Waals surface area contributed by atoms with Crippen molar-refractivity contribution in [1.82, 2.24) is 20.2 Å². The maximum Gasteiger partial charge on any atom is 0.321 e. The van der Waals surface area contributed by atoms with Crippen LogP contribution in [0.4, 0.5) is 4.79 Å². The number of hydrogen-bond acceptors (Lipinski definition) is 3. The van der Waals surface area contributed by atoms with Crippen molar-refractivity contribution in [2.24, 2.45) is 0 Å². The normalized spacial score (nSPS) is 11.9. The monoisotopic (exact) mass is 258 g/mol. The number of nitrogens with zero attached hydrogens (tertiary/aromatic N) is 2. The van der Waals surface area contributed by atoms with E-state index in [0.29, 0.717) is 6.54 Å². The molecule has 1 rings (SSSR count). The predicted octanol–water partition coefficient (Wildman–Crippen LogP) is 0.726. The molecule has 1 heterocycles. The summed E-state index contributed by atoms with van der Waals surface area (Å²) in [5, 5.41) is 3.98. The van der Waals surface area contributed by atoms with Gasteiger partial charge in [-0.1, -0.05) is 0 Å².